The topological polar surface area (TPSA) is 50.7 Å². The largest absolute Gasteiger partial charge is 0.486 e. The monoisotopic (exact) mass is 289 g/mol. The third-order valence-electron chi connectivity index (χ3n) is 3.31. The molecule has 5 heteroatoms. The van der Waals surface area contributed by atoms with Crippen LogP contribution in [0.1, 0.15) is 11.7 Å². The molecule has 0 spiro atoms. The molecule has 0 aromatic heterocycles. The van der Waals surface area contributed by atoms with Crippen LogP contribution in [0.2, 0.25) is 0 Å². The Bertz CT molecular complexity index is 633. The van der Waals surface area contributed by atoms with Crippen LogP contribution in [-0.4, -0.2) is 24.9 Å². The molecule has 4 nitrogen and oxygen atoms in total. The number of nitrogens with one attached hydrogen (secondary N) is 1. The number of aliphatic hydroxyl groups is 1. The number of benzene rings is 2. The van der Waals surface area contributed by atoms with Gasteiger partial charge >= 0.3 is 0 Å². The van der Waals surface area contributed by atoms with E-state index in [4.69, 9.17) is 9.47 Å². The quantitative estimate of drug-likeness (QED) is 0.908. The third kappa shape index (κ3) is 3.08. The maximum Gasteiger partial charge on any atom is 0.163 e. The first-order valence-corrected chi connectivity index (χ1v) is 6.80. The molecule has 1 heterocycles. The van der Waals surface area contributed by atoms with Gasteiger partial charge in [0, 0.05) is 23.9 Å². The minimum absolute atomic E-state index is 0.209. The van der Waals surface area contributed by atoms with Crippen molar-refractivity contribution in [3.63, 3.8) is 0 Å². The lowest BCUT2D eigenvalue weighted by atomic mass is 10.1. The first-order valence-electron chi connectivity index (χ1n) is 6.80. The smallest absolute Gasteiger partial charge is 0.163 e. The molecule has 1 atom stereocenters. The van der Waals surface area contributed by atoms with Crippen LogP contribution in [0.5, 0.6) is 11.5 Å². The fraction of sp³-hybridized carbons (Fsp3) is 0.250. The van der Waals surface area contributed by atoms with Gasteiger partial charge < -0.3 is 19.9 Å². The van der Waals surface area contributed by atoms with Gasteiger partial charge in [-0.3, -0.25) is 0 Å². The molecule has 0 amide bonds. The highest BCUT2D eigenvalue weighted by Crippen LogP contribution is 2.32. The van der Waals surface area contributed by atoms with E-state index in [1.54, 1.807) is 18.2 Å². The van der Waals surface area contributed by atoms with Crippen LogP contribution >= 0.6 is 0 Å². The van der Waals surface area contributed by atoms with Gasteiger partial charge in [-0.25, -0.2) is 4.39 Å². The zero-order chi connectivity index (χ0) is 14.7. The molecule has 0 saturated carbocycles. The zero-order valence-electron chi connectivity index (χ0n) is 11.4. The van der Waals surface area contributed by atoms with Crippen molar-refractivity contribution in [2.45, 2.75) is 6.10 Å². The Hall–Kier alpha value is -2.27. The lowest BCUT2D eigenvalue weighted by Gasteiger charge is -2.20. The summed E-state index contributed by atoms with van der Waals surface area (Å²) >= 11 is 0. The molecule has 2 aromatic rings. The zero-order valence-corrected chi connectivity index (χ0v) is 11.4. The summed E-state index contributed by atoms with van der Waals surface area (Å²) in [6, 6.07) is 11.7. The maximum atomic E-state index is 13.6. The van der Waals surface area contributed by atoms with Crippen molar-refractivity contribution in [2.24, 2.45) is 0 Å². The summed E-state index contributed by atoms with van der Waals surface area (Å²) in [5.74, 6) is 0.974. The molecule has 0 bridgehead atoms. The van der Waals surface area contributed by atoms with E-state index in [2.05, 4.69) is 5.32 Å². The average molecular weight is 289 g/mol. The molecule has 0 fully saturated rings. The normalized spacial score (nSPS) is 14.6. The molecule has 21 heavy (non-hydrogen) atoms. The van der Waals surface area contributed by atoms with E-state index in [1.165, 1.54) is 6.07 Å². The van der Waals surface area contributed by atoms with Crippen molar-refractivity contribution in [2.75, 3.05) is 25.1 Å². The number of halogens is 1. The Morgan fingerprint density at radius 3 is 2.67 bits per heavy atom. The highest BCUT2D eigenvalue weighted by molar-refractivity contribution is 5.55. The summed E-state index contributed by atoms with van der Waals surface area (Å²) < 4.78 is 24.5. The van der Waals surface area contributed by atoms with Gasteiger partial charge in [0.05, 0.1) is 6.10 Å². The highest BCUT2D eigenvalue weighted by atomic mass is 19.1. The summed E-state index contributed by atoms with van der Waals surface area (Å²) in [5, 5.41) is 13.1. The van der Waals surface area contributed by atoms with Crippen LogP contribution < -0.4 is 14.8 Å². The van der Waals surface area contributed by atoms with E-state index in [0.29, 0.717) is 24.7 Å². The van der Waals surface area contributed by atoms with Gasteiger partial charge in [0.15, 0.2) is 11.5 Å². The average Bonchev–Trinajstić information content (AvgIpc) is 2.53. The van der Waals surface area contributed by atoms with Crippen molar-refractivity contribution in [3.8, 4) is 11.5 Å². The van der Waals surface area contributed by atoms with E-state index in [-0.39, 0.29) is 12.1 Å². The number of fused-ring (bicyclic) bond motifs is 1. The summed E-state index contributed by atoms with van der Waals surface area (Å²) in [5.41, 5.74) is 1.07. The predicted molar refractivity (Wildman–Crippen MR) is 77.3 cm³/mol. The Balaban J connectivity index is 1.66. The molecular formula is C16H16FNO3. The number of aliphatic hydroxyl groups excluding tert-OH is 1. The van der Waals surface area contributed by atoms with Gasteiger partial charge in [0.2, 0.25) is 0 Å². The van der Waals surface area contributed by atoms with Crippen LogP contribution in [0.3, 0.4) is 0 Å². The second kappa shape index (κ2) is 6.01. The molecule has 0 aliphatic carbocycles. The van der Waals surface area contributed by atoms with Crippen molar-refractivity contribution >= 4 is 5.69 Å². The highest BCUT2D eigenvalue weighted by Gasteiger charge is 2.14. The minimum atomic E-state index is -0.917. The van der Waals surface area contributed by atoms with E-state index < -0.39 is 11.9 Å². The Labute approximate surface area is 122 Å². The minimum Gasteiger partial charge on any atom is -0.486 e. The summed E-state index contributed by atoms with van der Waals surface area (Å²) in [7, 11) is 0. The van der Waals surface area contributed by atoms with Gasteiger partial charge in [-0.05, 0) is 18.2 Å². The fourth-order valence-corrected chi connectivity index (χ4v) is 2.22. The van der Waals surface area contributed by atoms with Gasteiger partial charge in [-0.1, -0.05) is 18.2 Å². The number of hydrogen-bond donors (Lipinski definition) is 2. The number of hydrogen-bond acceptors (Lipinski definition) is 4. The lowest BCUT2D eigenvalue weighted by Crippen LogP contribution is -2.16. The van der Waals surface area contributed by atoms with Crippen molar-refractivity contribution in [3.05, 3.63) is 53.8 Å². The van der Waals surface area contributed by atoms with Crippen LogP contribution in [0.15, 0.2) is 42.5 Å². The second-order valence-corrected chi connectivity index (χ2v) is 4.78. The molecule has 1 unspecified atom stereocenters. The van der Waals surface area contributed by atoms with Crippen LogP contribution in [0.4, 0.5) is 10.1 Å². The maximum absolute atomic E-state index is 13.6. The van der Waals surface area contributed by atoms with Gasteiger partial charge in [0.25, 0.3) is 0 Å². The van der Waals surface area contributed by atoms with E-state index >= 15 is 0 Å². The molecule has 110 valence electrons. The molecule has 1 aliphatic rings. The van der Waals surface area contributed by atoms with Crippen molar-refractivity contribution < 1.29 is 19.0 Å². The first kappa shape index (κ1) is 13.7. The second-order valence-electron chi connectivity index (χ2n) is 4.78. The number of anilines is 1. The Morgan fingerprint density at radius 1 is 1.10 bits per heavy atom. The van der Waals surface area contributed by atoms with E-state index in [9.17, 15) is 9.50 Å². The SMILES string of the molecule is OC(CNc1ccc2c(c1)OCCO2)c1ccccc1F. The van der Waals surface area contributed by atoms with Crippen LogP contribution in [0.25, 0.3) is 0 Å². The third-order valence-corrected chi connectivity index (χ3v) is 3.31. The van der Waals surface area contributed by atoms with Crippen LogP contribution in [-0.2, 0) is 0 Å². The van der Waals surface area contributed by atoms with E-state index in [1.807, 2.05) is 18.2 Å². The Morgan fingerprint density at radius 2 is 1.86 bits per heavy atom. The van der Waals surface area contributed by atoms with Crippen LogP contribution in [0, 0.1) is 5.82 Å². The van der Waals surface area contributed by atoms with Gasteiger partial charge in [-0.15, -0.1) is 0 Å². The summed E-state index contributed by atoms with van der Waals surface area (Å²) in [6.07, 6.45) is -0.917. The molecule has 2 aromatic carbocycles. The Kier molecular flexibility index (Phi) is 3.92. The first-order chi connectivity index (χ1) is 10.2. The number of rotatable bonds is 4. The number of ether oxygens (including phenoxy) is 2. The van der Waals surface area contributed by atoms with E-state index in [0.717, 1.165) is 5.69 Å². The lowest BCUT2D eigenvalue weighted by molar-refractivity contribution is 0.171. The van der Waals surface area contributed by atoms with Gasteiger partial charge in [-0.2, -0.15) is 0 Å². The predicted octanol–water partition coefficient (Wildman–Crippen LogP) is 2.74. The molecular weight excluding hydrogens is 273 g/mol. The molecule has 1 aliphatic heterocycles. The molecule has 2 N–H and O–H groups in total. The standard InChI is InChI=1S/C16H16FNO3/c17-13-4-2-1-3-12(13)14(19)10-18-11-5-6-15-16(9-11)21-8-7-20-15/h1-6,9,14,18-19H,7-8,10H2. The van der Waals surface area contributed by atoms with Crippen molar-refractivity contribution in [1.29, 1.82) is 0 Å². The molecule has 0 radical (unpaired) electrons. The molecule has 3 rings (SSSR count). The fourth-order valence-electron chi connectivity index (χ4n) is 2.22. The van der Waals surface area contributed by atoms with Crippen molar-refractivity contribution in [1.82, 2.24) is 0 Å². The summed E-state index contributed by atoms with van der Waals surface area (Å²) in [6.45, 7) is 1.28. The van der Waals surface area contributed by atoms with Gasteiger partial charge in [0.1, 0.15) is 19.0 Å². The summed E-state index contributed by atoms with van der Waals surface area (Å²) in [4.78, 5) is 0. The molecule has 0 saturated heterocycles.